The largest absolute Gasteiger partial charge is 0.317 e. The molecule has 1 aromatic heterocycles. The van der Waals surface area contributed by atoms with E-state index in [1.807, 2.05) is 25.7 Å². The van der Waals surface area contributed by atoms with Crippen LogP contribution in [0.15, 0.2) is 0 Å². The van der Waals surface area contributed by atoms with Crippen LogP contribution >= 0.6 is 11.6 Å². The molecule has 0 saturated carbocycles. The number of rotatable bonds is 3. The van der Waals surface area contributed by atoms with Crippen molar-refractivity contribution in [3.63, 3.8) is 0 Å². The summed E-state index contributed by atoms with van der Waals surface area (Å²) in [6.45, 7) is 4.05. The molecule has 0 amide bonds. The lowest BCUT2D eigenvalue weighted by Gasteiger charge is -2.10. The Bertz CT molecular complexity index is 293. The Morgan fingerprint density at radius 2 is 2.23 bits per heavy atom. The van der Waals surface area contributed by atoms with Crippen molar-refractivity contribution < 1.29 is 0 Å². The second-order valence-electron chi connectivity index (χ2n) is 3.36. The number of likely N-dealkylation sites (N-methyl/N-ethyl adjacent to an activating group) is 1. The minimum Gasteiger partial charge on any atom is -0.317 e. The summed E-state index contributed by atoms with van der Waals surface area (Å²) in [5.41, 5.74) is 2.00. The van der Waals surface area contributed by atoms with Gasteiger partial charge in [0.15, 0.2) is 0 Å². The molecule has 1 unspecified atom stereocenters. The van der Waals surface area contributed by atoms with Crippen molar-refractivity contribution in [3.8, 4) is 0 Å². The second-order valence-corrected chi connectivity index (χ2v) is 3.74. The van der Waals surface area contributed by atoms with Crippen LogP contribution in [0.25, 0.3) is 0 Å². The standard InChI is InChI=1S/C9H16ClN3/c1-6(11-3)5-8-9(10)7(2)12-13(8)4/h6,11H,5H2,1-4H3. The fourth-order valence-electron chi connectivity index (χ4n) is 1.29. The lowest BCUT2D eigenvalue weighted by molar-refractivity contribution is 0.575. The van der Waals surface area contributed by atoms with Crippen LogP contribution in [0, 0.1) is 6.92 Å². The van der Waals surface area contributed by atoms with Crippen molar-refractivity contribution in [2.24, 2.45) is 7.05 Å². The molecule has 0 saturated heterocycles. The number of halogens is 1. The first-order chi connectivity index (χ1) is 6.06. The monoisotopic (exact) mass is 201 g/mol. The maximum atomic E-state index is 6.10. The van der Waals surface area contributed by atoms with Crippen LogP contribution in [0.2, 0.25) is 5.02 Å². The number of nitrogens with one attached hydrogen (secondary N) is 1. The molecule has 1 N–H and O–H groups in total. The van der Waals surface area contributed by atoms with Gasteiger partial charge in [-0.3, -0.25) is 4.68 Å². The van der Waals surface area contributed by atoms with Gasteiger partial charge in [-0.2, -0.15) is 5.10 Å². The van der Waals surface area contributed by atoms with Crippen LogP contribution < -0.4 is 5.32 Å². The van der Waals surface area contributed by atoms with E-state index in [-0.39, 0.29) is 0 Å². The molecule has 1 atom stereocenters. The predicted molar refractivity (Wildman–Crippen MR) is 55.2 cm³/mol. The summed E-state index contributed by atoms with van der Waals surface area (Å²) in [7, 11) is 3.87. The van der Waals surface area contributed by atoms with Crippen LogP contribution in [0.3, 0.4) is 0 Å². The van der Waals surface area contributed by atoms with Gasteiger partial charge < -0.3 is 5.32 Å². The zero-order chi connectivity index (χ0) is 10.0. The molecule has 0 aliphatic carbocycles. The van der Waals surface area contributed by atoms with Gasteiger partial charge in [0, 0.05) is 19.5 Å². The van der Waals surface area contributed by atoms with Gasteiger partial charge in [-0.25, -0.2) is 0 Å². The highest BCUT2D eigenvalue weighted by Crippen LogP contribution is 2.20. The van der Waals surface area contributed by atoms with E-state index in [0.29, 0.717) is 6.04 Å². The van der Waals surface area contributed by atoms with Crippen molar-refractivity contribution in [3.05, 3.63) is 16.4 Å². The molecule has 0 radical (unpaired) electrons. The Hall–Kier alpha value is -0.540. The van der Waals surface area contributed by atoms with Gasteiger partial charge in [0.1, 0.15) is 0 Å². The van der Waals surface area contributed by atoms with Crippen LogP contribution in [-0.2, 0) is 13.5 Å². The maximum Gasteiger partial charge on any atom is 0.0847 e. The minimum atomic E-state index is 0.423. The molecular weight excluding hydrogens is 186 g/mol. The molecule has 74 valence electrons. The summed E-state index contributed by atoms with van der Waals surface area (Å²) in [6, 6.07) is 0.423. The fraction of sp³-hybridized carbons (Fsp3) is 0.667. The summed E-state index contributed by atoms with van der Waals surface area (Å²) in [4.78, 5) is 0. The van der Waals surface area contributed by atoms with Gasteiger partial charge in [-0.05, 0) is 20.9 Å². The first-order valence-corrected chi connectivity index (χ1v) is 4.79. The van der Waals surface area contributed by atoms with E-state index < -0.39 is 0 Å². The molecule has 1 heterocycles. The van der Waals surface area contributed by atoms with Crippen molar-refractivity contribution >= 4 is 11.6 Å². The molecule has 4 heteroatoms. The fourth-order valence-corrected chi connectivity index (χ4v) is 1.53. The van der Waals surface area contributed by atoms with E-state index in [9.17, 15) is 0 Å². The van der Waals surface area contributed by atoms with Gasteiger partial charge in [0.25, 0.3) is 0 Å². The predicted octanol–water partition coefficient (Wildman–Crippen LogP) is 1.53. The summed E-state index contributed by atoms with van der Waals surface area (Å²) in [6.07, 6.45) is 0.909. The van der Waals surface area contributed by atoms with E-state index in [0.717, 1.165) is 22.8 Å². The number of nitrogens with zero attached hydrogens (tertiary/aromatic N) is 2. The van der Waals surface area contributed by atoms with E-state index in [4.69, 9.17) is 11.6 Å². The van der Waals surface area contributed by atoms with E-state index in [1.165, 1.54) is 0 Å². The highest BCUT2D eigenvalue weighted by Gasteiger charge is 2.12. The van der Waals surface area contributed by atoms with Crippen LogP contribution in [-0.4, -0.2) is 22.9 Å². The molecular formula is C9H16ClN3. The van der Waals surface area contributed by atoms with E-state index in [1.54, 1.807) is 0 Å². The molecule has 0 fully saturated rings. The summed E-state index contributed by atoms with van der Waals surface area (Å²) in [5, 5.41) is 8.23. The molecule has 0 bridgehead atoms. The zero-order valence-corrected chi connectivity index (χ0v) is 9.31. The SMILES string of the molecule is CNC(C)Cc1c(Cl)c(C)nn1C. The number of hydrogen-bond donors (Lipinski definition) is 1. The average molecular weight is 202 g/mol. The number of hydrogen-bond acceptors (Lipinski definition) is 2. The zero-order valence-electron chi connectivity index (χ0n) is 8.56. The number of aromatic nitrogens is 2. The third-order valence-corrected chi connectivity index (χ3v) is 2.75. The first kappa shape index (κ1) is 10.5. The van der Waals surface area contributed by atoms with Crippen LogP contribution in [0.4, 0.5) is 0 Å². The maximum absolute atomic E-state index is 6.10. The minimum absolute atomic E-state index is 0.423. The van der Waals surface area contributed by atoms with Gasteiger partial charge in [-0.1, -0.05) is 11.6 Å². The van der Waals surface area contributed by atoms with Crippen LogP contribution in [0.1, 0.15) is 18.3 Å². The van der Waals surface area contributed by atoms with Gasteiger partial charge in [0.05, 0.1) is 16.4 Å². The Balaban J connectivity index is 2.87. The van der Waals surface area contributed by atoms with Crippen molar-refractivity contribution in [2.75, 3.05) is 7.05 Å². The van der Waals surface area contributed by atoms with E-state index in [2.05, 4.69) is 17.3 Å². The summed E-state index contributed by atoms with van der Waals surface area (Å²) >= 11 is 6.10. The first-order valence-electron chi connectivity index (χ1n) is 4.41. The van der Waals surface area contributed by atoms with Crippen molar-refractivity contribution in [1.82, 2.24) is 15.1 Å². The van der Waals surface area contributed by atoms with Gasteiger partial charge in [0.2, 0.25) is 0 Å². The lowest BCUT2D eigenvalue weighted by Crippen LogP contribution is -2.24. The third-order valence-electron chi connectivity index (χ3n) is 2.25. The summed E-state index contributed by atoms with van der Waals surface area (Å²) < 4.78 is 1.85. The molecule has 0 aliphatic rings. The van der Waals surface area contributed by atoms with Crippen molar-refractivity contribution in [2.45, 2.75) is 26.3 Å². The van der Waals surface area contributed by atoms with Crippen LogP contribution in [0.5, 0.6) is 0 Å². The average Bonchev–Trinajstić information content (AvgIpc) is 2.32. The molecule has 0 aromatic carbocycles. The summed E-state index contributed by atoms with van der Waals surface area (Å²) in [5.74, 6) is 0. The Labute approximate surface area is 84.1 Å². The highest BCUT2D eigenvalue weighted by atomic mass is 35.5. The Morgan fingerprint density at radius 1 is 1.62 bits per heavy atom. The molecule has 3 nitrogen and oxygen atoms in total. The Kier molecular flexibility index (Phi) is 3.33. The molecule has 1 rings (SSSR count). The third kappa shape index (κ3) is 2.23. The van der Waals surface area contributed by atoms with Gasteiger partial charge in [-0.15, -0.1) is 0 Å². The topological polar surface area (TPSA) is 29.9 Å². The number of aryl methyl sites for hydroxylation is 2. The van der Waals surface area contributed by atoms with E-state index >= 15 is 0 Å². The molecule has 0 spiro atoms. The quantitative estimate of drug-likeness (QED) is 0.804. The molecule has 1 aromatic rings. The second kappa shape index (κ2) is 4.11. The molecule has 0 aliphatic heterocycles. The smallest absolute Gasteiger partial charge is 0.0847 e. The highest BCUT2D eigenvalue weighted by molar-refractivity contribution is 6.31. The Morgan fingerprint density at radius 3 is 2.62 bits per heavy atom. The lowest BCUT2D eigenvalue weighted by atomic mass is 10.2. The normalized spacial score (nSPS) is 13.3. The van der Waals surface area contributed by atoms with Crippen molar-refractivity contribution in [1.29, 1.82) is 0 Å². The molecule has 13 heavy (non-hydrogen) atoms. The van der Waals surface area contributed by atoms with Gasteiger partial charge >= 0.3 is 0 Å².